The van der Waals surface area contributed by atoms with E-state index in [1.807, 2.05) is 60.8 Å². The molecule has 30 heavy (non-hydrogen) atoms. The van der Waals surface area contributed by atoms with Gasteiger partial charge in [0.1, 0.15) is 5.01 Å². The summed E-state index contributed by atoms with van der Waals surface area (Å²) in [5.41, 5.74) is 12.1. The van der Waals surface area contributed by atoms with Crippen LogP contribution < -0.4 is 5.73 Å². The third kappa shape index (κ3) is 3.27. The average Bonchev–Trinajstić information content (AvgIpc) is 3.35. The van der Waals surface area contributed by atoms with Crippen molar-refractivity contribution >= 4 is 50.3 Å². The largest absolute Gasteiger partial charge is 0.382 e. The summed E-state index contributed by atoms with van der Waals surface area (Å²) in [6, 6.07) is 15.5. The van der Waals surface area contributed by atoms with Crippen molar-refractivity contribution in [2.75, 3.05) is 5.73 Å². The highest BCUT2D eigenvalue weighted by molar-refractivity contribution is 9.10. The minimum Gasteiger partial charge on any atom is -0.382 e. The van der Waals surface area contributed by atoms with Crippen molar-refractivity contribution in [1.82, 2.24) is 24.8 Å². The number of aryl methyl sites for hydroxylation is 1. The maximum atomic E-state index is 6.44. The van der Waals surface area contributed by atoms with Crippen LogP contribution in [-0.2, 0) is 0 Å². The molecule has 3 heterocycles. The summed E-state index contributed by atoms with van der Waals surface area (Å²) >= 11 is 10.9. The quantitative estimate of drug-likeness (QED) is 0.336. The molecule has 0 radical (unpaired) electrons. The summed E-state index contributed by atoms with van der Waals surface area (Å²) in [5, 5.41) is 16.8. The fourth-order valence-electron chi connectivity index (χ4n) is 3.27. The van der Waals surface area contributed by atoms with Crippen molar-refractivity contribution in [2.45, 2.75) is 6.92 Å². The van der Waals surface area contributed by atoms with Crippen LogP contribution in [0.15, 0.2) is 58.4 Å². The van der Waals surface area contributed by atoms with E-state index in [0.717, 1.165) is 32.6 Å². The number of rotatable bonds is 3. The maximum absolute atomic E-state index is 6.44. The number of nitrogen functional groups attached to an aromatic ring is 1. The summed E-state index contributed by atoms with van der Waals surface area (Å²) in [4.78, 5) is 4.71. The minimum absolute atomic E-state index is 0.403. The van der Waals surface area contributed by atoms with E-state index in [4.69, 9.17) is 22.3 Å². The van der Waals surface area contributed by atoms with E-state index < -0.39 is 0 Å². The van der Waals surface area contributed by atoms with Crippen molar-refractivity contribution in [1.29, 1.82) is 0 Å². The first-order valence-corrected chi connectivity index (χ1v) is 11.1. The summed E-state index contributed by atoms with van der Waals surface area (Å²) in [6.45, 7) is 1.92. The first kappa shape index (κ1) is 19.2. The van der Waals surface area contributed by atoms with Crippen LogP contribution in [0.5, 0.6) is 0 Å². The van der Waals surface area contributed by atoms with Crippen molar-refractivity contribution < 1.29 is 0 Å². The Kier molecular flexibility index (Phi) is 4.77. The predicted molar refractivity (Wildman–Crippen MR) is 125 cm³/mol. The van der Waals surface area contributed by atoms with Gasteiger partial charge in [0.15, 0.2) is 17.2 Å². The normalized spacial score (nSPS) is 11.3. The van der Waals surface area contributed by atoms with Gasteiger partial charge in [-0.25, -0.2) is 4.98 Å². The molecule has 5 aromatic rings. The number of hydrogen-bond acceptors (Lipinski definition) is 6. The number of aromatic nitrogens is 5. The van der Waals surface area contributed by atoms with Gasteiger partial charge >= 0.3 is 0 Å². The number of nitrogens with two attached hydrogens (primary N) is 1. The molecule has 0 spiro atoms. The zero-order chi connectivity index (χ0) is 20.8. The zero-order valence-corrected chi connectivity index (χ0v) is 18.8. The van der Waals surface area contributed by atoms with Crippen LogP contribution in [-0.4, -0.2) is 24.8 Å². The molecule has 0 unspecified atom stereocenters. The van der Waals surface area contributed by atoms with Crippen molar-refractivity contribution in [3.63, 3.8) is 0 Å². The molecular weight excluding hydrogens is 484 g/mol. The summed E-state index contributed by atoms with van der Waals surface area (Å²) in [5.74, 6) is 0.403. The van der Waals surface area contributed by atoms with Crippen LogP contribution in [0.2, 0.25) is 5.02 Å². The lowest BCUT2D eigenvalue weighted by atomic mass is 10.1. The highest BCUT2D eigenvalue weighted by Crippen LogP contribution is 2.34. The van der Waals surface area contributed by atoms with Gasteiger partial charge in [-0.05, 0) is 36.8 Å². The van der Waals surface area contributed by atoms with E-state index in [1.54, 1.807) is 4.52 Å². The van der Waals surface area contributed by atoms with E-state index in [2.05, 4.69) is 31.2 Å². The van der Waals surface area contributed by atoms with Crippen LogP contribution >= 0.6 is 38.9 Å². The summed E-state index contributed by atoms with van der Waals surface area (Å²) < 4.78 is 2.65. The van der Waals surface area contributed by atoms with Gasteiger partial charge in [0.2, 0.25) is 0 Å². The van der Waals surface area contributed by atoms with E-state index in [1.165, 1.54) is 11.3 Å². The molecule has 0 amide bonds. The molecule has 0 aliphatic carbocycles. The highest BCUT2D eigenvalue weighted by atomic mass is 79.9. The summed E-state index contributed by atoms with van der Waals surface area (Å²) in [7, 11) is 0. The van der Waals surface area contributed by atoms with Gasteiger partial charge in [-0.15, -0.1) is 21.5 Å². The Labute approximate surface area is 189 Å². The van der Waals surface area contributed by atoms with E-state index in [-0.39, 0.29) is 0 Å². The van der Waals surface area contributed by atoms with Gasteiger partial charge < -0.3 is 5.73 Å². The number of halogens is 2. The number of benzene rings is 2. The first-order valence-electron chi connectivity index (χ1n) is 9.00. The topological polar surface area (TPSA) is 82.0 Å². The predicted octanol–water partition coefficient (Wildman–Crippen LogP) is 5.89. The van der Waals surface area contributed by atoms with Gasteiger partial charge in [0, 0.05) is 20.4 Å². The molecular formula is C21H14BrClN6S. The van der Waals surface area contributed by atoms with Crippen molar-refractivity contribution in [3.05, 3.63) is 69.1 Å². The molecule has 0 saturated carbocycles. The fraction of sp³-hybridized carbons (Fsp3) is 0.0476. The second kappa shape index (κ2) is 7.46. The number of thiazole rings is 1. The number of fused-ring (bicyclic) bond motifs is 1. The molecule has 2 aromatic carbocycles. The molecule has 148 valence electrons. The second-order valence-corrected chi connectivity index (χ2v) is 8.89. The third-order valence-corrected chi connectivity index (χ3v) is 6.36. The van der Waals surface area contributed by atoms with Crippen LogP contribution in [0.25, 0.3) is 38.7 Å². The Morgan fingerprint density at radius 3 is 2.43 bits per heavy atom. The standard InChI is InChI=1S/C21H14BrClN6S/c1-11-17(13-4-8-15(23)9-5-13)20-27-26-18(19(24)29(20)28-11)21-25-16(10-30-21)12-2-6-14(22)7-3-12/h2-10H,24H2,1H3. The molecule has 0 aliphatic rings. The molecule has 0 fully saturated rings. The Morgan fingerprint density at radius 2 is 1.70 bits per heavy atom. The highest BCUT2D eigenvalue weighted by Gasteiger charge is 2.20. The van der Waals surface area contributed by atoms with Crippen molar-refractivity contribution in [2.24, 2.45) is 0 Å². The Morgan fingerprint density at radius 1 is 1.00 bits per heavy atom. The lowest BCUT2D eigenvalue weighted by Crippen LogP contribution is -2.05. The van der Waals surface area contributed by atoms with Gasteiger partial charge in [0.05, 0.1) is 17.0 Å². The minimum atomic E-state index is 0.403. The van der Waals surface area contributed by atoms with Crippen LogP contribution in [0.1, 0.15) is 5.69 Å². The molecule has 2 N–H and O–H groups in total. The van der Waals surface area contributed by atoms with Gasteiger partial charge in [-0.1, -0.05) is 51.8 Å². The molecule has 0 atom stereocenters. The second-order valence-electron chi connectivity index (χ2n) is 6.68. The number of nitrogens with zero attached hydrogens (tertiary/aromatic N) is 5. The first-order chi connectivity index (χ1) is 14.5. The molecule has 0 saturated heterocycles. The van der Waals surface area contributed by atoms with Crippen LogP contribution in [0.3, 0.4) is 0 Å². The lowest BCUT2D eigenvalue weighted by Gasteiger charge is -2.04. The number of anilines is 1. The molecule has 0 aliphatic heterocycles. The van der Waals surface area contributed by atoms with E-state index in [9.17, 15) is 0 Å². The van der Waals surface area contributed by atoms with Crippen LogP contribution in [0.4, 0.5) is 5.82 Å². The van der Waals surface area contributed by atoms with Gasteiger partial charge in [-0.3, -0.25) is 0 Å². The molecule has 0 bridgehead atoms. The molecule has 5 rings (SSSR count). The Bertz CT molecular complexity index is 1380. The van der Waals surface area contributed by atoms with Crippen LogP contribution in [0, 0.1) is 6.92 Å². The Hall–Kier alpha value is -2.81. The van der Waals surface area contributed by atoms with E-state index in [0.29, 0.717) is 27.2 Å². The van der Waals surface area contributed by atoms with E-state index >= 15 is 0 Å². The van der Waals surface area contributed by atoms with Gasteiger partial charge in [-0.2, -0.15) is 9.61 Å². The monoisotopic (exact) mass is 496 g/mol. The fourth-order valence-corrected chi connectivity index (χ4v) is 4.48. The summed E-state index contributed by atoms with van der Waals surface area (Å²) in [6.07, 6.45) is 0. The molecule has 9 heteroatoms. The Balaban J connectivity index is 1.59. The third-order valence-electron chi connectivity index (χ3n) is 4.73. The molecule has 6 nitrogen and oxygen atoms in total. The lowest BCUT2D eigenvalue weighted by molar-refractivity contribution is 0.892. The van der Waals surface area contributed by atoms with Gasteiger partial charge in [0.25, 0.3) is 0 Å². The SMILES string of the molecule is Cc1nn2c(N)c(-c3nc(-c4ccc(Br)cc4)cs3)nnc2c1-c1ccc(Cl)cc1. The molecule has 3 aromatic heterocycles. The zero-order valence-electron chi connectivity index (χ0n) is 15.7. The number of hydrogen-bond donors (Lipinski definition) is 1. The average molecular weight is 498 g/mol. The maximum Gasteiger partial charge on any atom is 0.187 e. The smallest absolute Gasteiger partial charge is 0.187 e. The van der Waals surface area contributed by atoms with Crippen molar-refractivity contribution in [3.8, 4) is 33.1 Å².